The molecule has 4 rings (SSSR count). The van der Waals surface area contributed by atoms with Crippen molar-refractivity contribution < 1.29 is 14.7 Å². The third-order valence-corrected chi connectivity index (χ3v) is 8.83. The SMILES string of the molecule is CC[C@@H](C)n1c(SCC(=O)N2CCCC[C@@H]2C(=O)O)nc2sc3c(c2c1=O)CCCCC3. The Morgan fingerprint density at radius 3 is 2.75 bits per heavy atom. The minimum absolute atomic E-state index is 0.0000778. The number of hydrogen-bond donors (Lipinski definition) is 1. The maximum Gasteiger partial charge on any atom is 0.326 e. The maximum atomic E-state index is 13.6. The molecule has 0 unspecified atom stereocenters. The number of aryl methyl sites for hydroxylation is 2. The van der Waals surface area contributed by atoms with Gasteiger partial charge in [0, 0.05) is 17.5 Å². The molecule has 7 nitrogen and oxygen atoms in total. The number of carbonyl (C=O) groups is 2. The molecule has 1 saturated heterocycles. The first-order valence-corrected chi connectivity index (χ1v) is 13.4. The zero-order chi connectivity index (χ0) is 22.8. The predicted molar refractivity (Wildman–Crippen MR) is 128 cm³/mol. The smallest absolute Gasteiger partial charge is 0.326 e. The van der Waals surface area contributed by atoms with Crippen LogP contribution in [0.25, 0.3) is 10.2 Å². The second kappa shape index (κ2) is 9.95. The zero-order valence-electron chi connectivity index (χ0n) is 18.8. The largest absolute Gasteiger partial charge is 0.480 e. The van der Waals surface area contributed by atoms with Crippen molar-refractivity contribution in [1.82, 2.24) is 14.5 Å². The summed E-state index contributed by atoms with van der Waals surface area (Å²) in [5.74, 6) is -1.06. The lowest BCUT2D eigenvalue weighted by Gasteiger charge is -2.32. The van der Waals surface area contributed by atoms with E-state index in [1.165, 1.54) is 33.5 Å². The molecule has 0 saturated carbocycles. The van der Waals surface area contributed by atoms with Crippen molar-refractivity contribution in [1.29, 1.82) is 0 Å². The van der Waals surface area contributed by atoms with Crippen LogP contribution in [-0.4, -0.2) is 49.8 Å². The number of aliphatic carboxylic acids is 1. The van der Waals surface area contributed by atoms with Gasteiger partial charge in [0.25, 0.3) is 5.56 Å². The van der Waals surface area contributed by atoms with Gasteiger partial charge in [-0.05, 0) is 63.9 Å². The number of aromatic nitrogens is 2. The zero-order valence-corrected chi connectivity index (χ0v) is 20.4. The number of carbonyl (C=O) groups excluding carboxylic acids is 1. The number of amides is 1. The van der Waals surface area contributed by atoms with E-state index >= 15 is 0 Å². The highest BCUT2D eigenvalue weighted by Crippen LogP contribution is 2.35. The molecule has 32 heavy (non-hydrogen) atoms. The van der Waals surface area contributed by atoms with Gasteiger partial charge in [0.15, 0.2) is 5.16 Å². The summed E-state index contributed by atoms with van der Waals surface area (Å²) in [5.41, 5.74) is 1.18. The predicted octanol–water partition coefficient (Wildman–Crippen LogP) is 4.26. The van der Waals surface area contributed by atoms with Crippen molar-refractivity contribution in [3.8, 4) is 0 Å². The Kier molecular flexibility index (Phi) is 7.24. The average Bonchev–Trinajstić information content (AvgIpc) is 2.98. The van der Waals surface area contributed by atoms with Gasteiger partial charge in [-0.2, -0.15) is 0 Å². The molecule has 3 heterocycles. The molecule has 2 aromatic heterocycles. The molecule has 1 fully saturated rings. The van der Waals surface area contributed by atoms with E-state index in [2.05, 4.69) is 0 Å². The molecule has 2 aromatic rings. The summed E-state index contributed by atoms with van der Waals surface area (Å²) in [5, 5.41) is 10.8. The minimum atomic E-state index is -0.945. The van der Waals surface area contributed by atoms with E-state index in [0.29, 0.717) is 18.1 Å². The van der Waals surface area contributed by atoms with E-state index in [9.17, 15) is 19.5 Å². The second-order valence-electron chi connectivity index (χ2n) is 8.80. The number of piperidine rings is 1. The fourth-order valence-electron chi connectivity index (χ4n) is 4.74. The van der Waals surface area contributed by atoms with E-state index in [0.717, 1.165) is 55.2 Å². The van der Waals surface area contributed by atoms with Gasteiger partial charge in [0.2, 0.25) is 5.91 Å². The lowest BCUT2D eigenvalue weighted by atomic mass is 10.0. The van der Waals surface area contributed by atoms with Gasteiger partial charge >= 0.3 is 5.97 Å². The first kappa shape index (κ1) is 23.3. The van der Waals surface area contributed by atoms with Gasteiger partial charge < -0.3 is 10.0 Å². The van der Waals surface area contributed by atoms with E-state index in [1.807, 2.05) is 13.8 Å². The lowest BCUT2D eigenvalue weighted by Crippen LogP contribution is -2.48. The molecule has 2 aliphatic rings. The highest BCUT2D eigenvalue weighted by atomic mass is 32.2. The number of thiophene rings is 1. The quantitative estimate of drug-likeness (QED) is 0.380. The first-order chi connectivity index (χ1) is 15.4. The molecule has 0 bridgehead atoms. The Morgan fingerprint density at radius 1 is 1.22 bits per heavy atom. The highest BCUT2D eigenvalue weighted by Gasteiger charge is 2.32. The van der Waals surface area contributed by atoms with E-state index < -0.39 is 12.0 Å². The Morgan fingerprint density at radius 2 is 2.00 bits per heavy atom. The van der Waals surface area contributed by atoms with Crippen molar-refractivity contribution in [2.75, 3.05) is 12.3 Å². The van der Waals surface area contributed by atoms with Gasteiger partial charge in [-0.3, -0.25) is 14.2 Å². The monoisotopic (exact) mass is 477 g/mol. The standard InChI is InChI=1S/C23H31N3O4S2/c1-3-14(2)26-21(28)19-15-9-5-4-6-11-17(15)32-20(19)24-23(26)31-13-18(27)25-12-8-7-10-16(25)22(29)30/h14,16H,3-13H2,1-2H3,(H,29,30)/t14-,16-/m1/s1. The number of carboxylic acids is 1. The van der Waals surface area contributed by atoms with Crippen molar-refractivity contribution >= 4 is 45.2 Å². The summed E-state index contributed by atoms with van der Waals surface area (Å²) in [6.45, 7) is 4.52. The molecule has 174 valence electrons. The van der Waals surface area contributed by atoms with Crippen LogP contribution in [-0.2, 0) is 22.4 Å². The molecule has 1 amide bonds. The van der Waals surface area contributed by atoms with Gasteiger partial charge in [-0.25, -0.2) is 9.78 Å². The summed E-state index contributed by atoms with van der Waals surface area (Å²) in [7, 11) is 0. The summed E-state index contributed by atoms with van der Waals surface area (Å²) in [4.78, 5) is 46.5. The number of hydrogen-bond acceptors (Lipinski definition) is 6. The van der Waals surface area contributed by atoms with E-state index in [-0.39, 0.29) is 23.3 Å². The van der Waals surface area contributed by atoms with Crippen molar-refractivity contribution in [3.63, 3.8) is 0 Å². The number of thioether (sulfide) groups is 1. The normalized spacial score (nSPS) is 20.1. The molecule has 1 aliphatic heterocycles. The van der Waals surface area contributed by atoms with Crippen molar-refractivity contribution in [2.24, 2.45) is 0 Å². The Labute approximate surface area is 196 Å². The van der Waals surface area contributed by atoms with Gasteiger partial charge in [0.1, 0.15) is 10.9 Å². The van der Waals surface area contributed by atoms with Gasteiger partial charge in [0.05, 0.1) is 11.1 Å². The third-order valence-electron chi connectivity index (χ3n) is 6.70. The average molecular weight is 478 g/mol. The Hall–Kier alpha value is -1.87. The van der Waals surface area contributed by atoms with Crippen LogP contribution in [0, 0.1) is 0 Å². The summed E-state index contributed by atoms with van der Waals surface area (Å²) in [6, 6.07) is -0.780. The Bertz CT molecular complexity index is 1080. The number of nitrogens with zero attached hydrogens (tertiary/aromatic N) is 3. The van der Waals surface area contributed by atoms with Gasteiger partial charge in [-0.1, -0.05) is 25.1 Å². The molecule has 9 heteroatoms. The number of likely N-dealkylation sites (tertiary alicyclic amines) is 1. The molecule has 0 aromatic carbocycles. The van der Waals surface area contributed by atoms with Gasteiger partial charge in [-0.15, -0.1) is 11.3 Å². The highest BCUT2D eigenvalue weighted by molar-refractivity contribution is 7.99. The molecular weight excluding hydrogens is 446 g/mol. The van der Waals surface area contributed by atoms with Crippen LogP contribution < -0.4 is 5.56 Å². The molecule has 1 N–H and O–H groups in total. The van der Waals surface area contributed by atoms with E-state index in [1.54, 1.807) is 15.9 Å². The molecule has 1 aliphatic carbocycles. The summed E-state index contributed by atoms with van der Waals surface area (Å²) >= 11 is 2.88. The van der Waals surface area contributed by atoms with Crippen LogP contribution in [0.5, 0.6) is 0 Å². The van der Waals surface area contributed by atoms with Crippen molar-refractivity contribution in [3.05, 3.63) is 20.8 Å². The third kappa shape index (κ3) is 4.46. The fourth-order valence-corrected chi connectivity index (χ4v) is 7.03. The summed E-state index contributed by atoms with van der Waals surface area (Å²) in [6.07, 6.45) is 8.31. The van der Waals surface area contributed by atoms with Crippen LogP contribution in [0.1, 0.15) is 75.3 Å². The minimum Gasteiger partial charge on any atom is -0.480 e. The van der Waals surface area contributed by atoms with Crippen LogP contribution >= 0.6 is 23.1 Å². The number of fused-ring (bicyclic) bond motifs is 3. The Balaban J connectivity index is 1.66. The topological polar surface area (TPSA) is 92.5 Å². The van der Waals surface area contributed by atoms with Crippen LogP contribution in [0.15, 0.2) is 9.95 Å². The van der Waals surface area contributed by atoms with Crippen LogP contribution in [0.3, 0.4) is 0 Å². The molecule has 2 atom stereocenters. The fraction of sp³-hybridized carbons (Fsp3) is 0.652. The van der Waals surface area contributed by atoms with E-state index in [4.69, 9.17) is 4.98 Å². The maximum absolute atomic E-state index is 13.6. The number of rotatable bonds is 6. The second-order valence-corrected chi connectivity index (χ2v) is 10.8. The van der Waals surface area contributed by atoms with Crippen molar-refractivity contribution in [2.45, 2.75) is 88.9 Å². The molecule has 0 spiro atoms. The number of carboxylic acid groups (broad SMARTS) is 1. The summed E-state index contributed by atoms with van der Waals surface area (Å²) < 4.78 is 1.75. The van der Waals surface area contributed by atoms with Crippen LogP contribution in [0.4, 0.5) is 0 Å². The lowest BCUT2D eigenvalue weighted by molar-refractivity contribution is -0.150. The van der Waals surface area contributed by atoms with Crippen LogP contribution in [0.2, 0.25) is 0 Å². The first-order valence-electron chi connectivity index (χ1n) is 11.6. The molecular formula is C23H31N3O4S2. The molecule has 0 radical (unpaired) electrons.